The fourth-order valence-electron chi connectivity index (χ4n) is 2.34. The molecule has 1 rings (SSSR count). The fraction of sp³-hybridized carbons (Fsp3) is 0.769. The van der Waals surface area contributed by atoms with Gasteiger partial charge in [-0.2, -0.15) is 0 Å². The van der Waals surface area contributed by atoms with Crippen LogP contribution in [0.4, 0.5) is 0 Å². The van der Waals surface area contributed by atoms with Crippen molar-refractivity contribution in [1.29, 1.82) is 0 Å². The SMILES string of the molecule is C=CCNC(N)=NCC(C)N1CCCCC1C. The maximum absolute atomic E-state index is 5.74. The number of guanidine groups is 1. The highest BCUT2D eigenvalue weighted by molar-refractivity contribution is 5.77. The Hall–Kier alpha value is -1.03. The normalized spacial score (nSPS) is 24.4. The Kier molecular flexibility index (Phi) is 6.05. The molecule has 1 aliphatic rings. The van der Waals surface area contributed by atoms with Gasteiger partial charge in [0, 0.05) is 18.6 Å². The Bertz CT molecular complexity index is 262. The summed E-state index contributed by atoms with van der Waals surface area (Å²) in [6, 6.07) is 1.14. The number of nitrogens with two attached hydrogens (primary N) is 1. The van der Waals surface area contributed by atoms with E-state index >= 15 is 0 Å². The van der Waals surface area contributed by atoms with Crippen LogP contribution in [0.15, 0.2) is 17.6 Å². The van der Waals surface area contributed by atoms with Crippen molar-refractivity contribution >= 4 is 5.96 Å². The zero-order chi connectivity index (χ0) is 12.7. The molecule has 0 radical (unpaired) electrons. The lowest BCUT2D eigenvalue weighted by atomic mass is 10.0. The van der Waals surface area contributed by atoms with Gasteiger partial charge in [-0.05, 0) is 33.2 Å². The van der Waals surface area contributed by atoms with E-state index in [1.165, 1.54) is 25.8 Å². The summed E-state index contributed by atoms with van der Waals surface area (Å²) in [6.07, 6.45) is 5.75. The number of piperidine rings is 1. The minimum atomic E-state index is 0.467. The fourth-order valence-corrected chi connectivity index (χ4v) is 2.34. The number of aliphatic imine (C=N–C) groups is 1. The Morgan fingerprint density at radius 3 is 3.06 bits per heavy atom. The number of hydrogen-bond donors (Lipinski definition) is 2. The summed E-state index contributed by atoms with van der Waals surface area (Å²) in [5, 5.41) is 2.99. The molecule has 0 bridgehead atoms. The first-order valence-corrected chi connectivity index (χ1v) is 6.55. The van der Waals surface area contributed by atoms with Crippen molar-refractivity contribution in [2.45, 2.75) is 45.2 Å². The van der Waals surface area contributed by atoms with Crippen LogP contribution >= 0.6 is 0 Å². The molecule has 0 aromatic rings. The molecule has 0 aliphatic carbocycles. The number of hydrogen-bond acceptors (Lipinski definition) is 2. The number of nitrogens with one attached hydrogen (secondary N) is 1. The molecule has 0 aromatic heterocycles. The standard InChI is InChI=1S/C13H26N4/c1-4-8-15-13(14)16-10-12(3)17-9-6-5-7-11(17)2/h4,11-12H,1,5-10H2,2-3H3,(H3,14,15,16). The first-order chi connectivity index (χ1) is 8.15. The van der Waals surface area contributed by atoms with Gasteiger partial charge in [0.2, 0.25) is 0 Å². The van der Waals surface area contributed by atoms with E-state index in [-0.39, 0.29) is 0 Å². The maximum atomic E-state index is 5.74. The lowest BCUT2D eigenvalue weighted by Crippen LogP contribution is -2.45. The van der Waals surface area contributed by atoms with Gasteiger partial charge >= 0.3 is 0 Å². The van der Waals surface area contributed by atoms with Crippen LogP contribution in [0.25, 0.3) is 0 Å². The molecule has 17 heavy (non-hydrogen) atoms. The summed E-state index contributed by atoms with van der Waals surface area (Å²) in [6.45, 7) is 10.8. The van der Waals surface area contributed by atoms with Crippen molar-refractivity contribution in [3.05, 3.63) is 12.7 Å². The summed E-state index contributed by atoms with van der Waals surface area (Å²) in [5.41, 5.74) is 5.74. The molecular weight excluding hydrogens is 212 g/mol. The van der Waals surface area contributed by atoms with E-state index < -0.39 is 0 Å². The number of nitrogens with zero attached hydrogens (tertiary/aromatic N) is 2. The van der Waals surface area contributed by atoms with Gasteiger partial charge in [0.15, 0.2) is 5.96 Å². The van der Waals surface area contributed by atoms with Gasteiger partial charge in [0.1, 0.15) is 0 Å². The second kappa shape index (κ2) is 7.33. The molecule has 3 N–H and O–H groups in total. The minimum absolute atomic E-state index is 0.467. The highest BCUT2D eigenvalue weighted by Gasteiger charge is 2.22. The summed E-state index contributed by atoms with van der Waals surface area (Å²) in [7, 11) is 0. The molecule has 1 saturated heterocycles. The van der Waals surface area contributed by atoms with E-state index in [2.05, 4.69) is 35.6 Å². The highest BCUT2D eigenvalue weighted by atomic mass is 15.2. The Labute approximate surface area is 105 Å². The number of rotatable bonds is 5. The van der Waals surface area contributed by atoms with E-state index in [0.717, 1.165) is 6.54 Å². The lowest BCUT2D eigenvalue weighted by Gasteiger charge is -2.37. The van der Waals surface area contributed by atoms with Crippen molar-refractivity contribution < 1.29 is 0 Å². The summed E-state index contributed by atoms with van der Waals surface area (Å²) in [4.78, 5) is 6.90. The van der Waals surface area contributed by atoms with Crippen LogP contribution in [-0.2, 0) is 0 Å². The second-order valence-electron chi connectivity index (χ2n) is 4.83. The largest absolute Gasteiger partial charge is 0.370 e. The average Bonchev–Trinajstić information content (AvgIpc) is 2.34. The third-order valence-corrected chi connectivity index (χ3v) is 3.37. The lowest BCUT2D eigenvalue weighted by molar-refractivity contribution is 0.118. The predicted molar refractivity (Wildman–Crippen MR) is 74.2 cm³/mol. The Morgan fingerprint density at radius 2 is 2.41 bits per heavy atom. The number of likely N-dealkylation sites (tertiary alicyclic amines) is 1. The van der Waals surface area contributed by atoms with Crippen LogP contribution in [0, 0.1) is 0 Å². The van der Waals surface area contributed by atoms with Crippen molar-refractivity contribution in [1.82, 2.24) is 10.2 Å². The zero-order valence-electron chi connectivity index (χ0n) is 11.2. The Morgan fingerprint density at radius 1 is 1.65 bits per heavy atom. The smallest absolute Gasteiger partial charge is 0.188 e. The third kappa shape index (κ3) is 4.77. The summed E-state index contributed by atoms with van der Waals surface area (Å²) in [5.74, 6) is 0.515. The molecule has 0 aromatic carbocycles. The average molecular weight is 238 g/mol. The van der Waals surface area contributed by atoms with Gasteiger partial charge in [-0.3, -0.25) is 9.89 Å². The van der Waals surface area contributed by atoms with Crippen molar-refractivity contribution in [2.24, 2.45) is 10.7 Å². The van der Waals surface area contributed by atoms with E-state index in [1.807, 2.05) is 0 Å². The molecule has 1 fully saturated rings. The molecule has 98 valence electrons. The van der Waals surface area contributed by atoms with Crippen LogP contribution in [0.2, 0.25) is 0 Å². The van der Waals surface area contributed by atoms with Crippen molar-refractivity contribution in [3.8, 4) is 0 Å². The second-order valence-corrected chi connectivity index (χ2v) is 4.83. The molecule has 2 atom stereocenters. The molecule has 1 aliphatic heterocycles. The van der Waals surface area contributed by atoms with Gasteiger partial charge in [-0.1, -0.05) is 12.5 Å². The van der Waals surface area contributed by atoms with Crippen LogP contribution in [0.5, 0.6) is 0 Å². The molecular formula is C13H26N4. The quantitative estimate of drug-likeness (QED) is 0.432. The molecule has 0 spiro atoms. The highest BCUT2D eigenvalue weighted by Crippen LogP contribution is 2.18. The first-order valence-electron chi connectivity index (χ1n) is 6.55. The molecule has 0 saturated carbocycles. The third-order valence-electron chi connectivity index (χ3n) is 3.37. The topological polar surface area (TPSA) is 53.6 Å². The molecule has 4 nitrogen and oxygen atoms in total. The van der Waals surface area contributed by atoms with Gasteiger partial charge in [-0.15, -0.1) is 6.58 Å². The van der Waals surface area contributed by atoms with E-state index in [4.69, 9.17) is 5.73 Å². The monoisotopic (exact) mass is 238 g/mol. The molecule has 2 unspecified atom stereocenters. The predicted octanol–water partition coefficient (Wildman–Crippen LogP) is 1.34. The van der Waals surface area contributed by atoms with Crippen molar-refractivity contribution in [3.63, 3.8) is 0 Å². The van der Waals surface area contributed by atoms with E-state index in [0.29, 0.717) is 24.6 Å². The molecule has 1 heterocycles. The van der Waals surface area contributed by atoms with Crippen LogP contribution < -0.4 is 11.1 Å². The Balaban J connectivity index is 2.36. The van der Waals surface area contributed by atoms with Gasteiger partial charge < -0.3 is 11.1 Å². The first kappa shape index (κ1) is 14.0. The summed E-state index contributed by atoms with van der Waals surface area (Å²) < 4.78 is 0. The van der Waals surface area contributed by atoms with Crippen molar-refractivity contribution in [2.75, 3.05) is 19.6 Å². The van der Waals surface area contributed by atoms with Gasteiger partial charge in [0.05, 0.1) is 6.54 Å². The van der Waals surface area contributed by atoms with Crippen LogP contribution in [0.3, 0.4) is 0 Å². The van der Waals surface area contributed by atoms with Gasteiger partial charge in [-0.25, -0.2) is 0 Å². The maximum Gasteiger partial charge on any atom is 0.188 e. The zero-order valence-corrected chi connectivity index (χ0v) is 11.2. The van der Waals surface area contributed by atoms with Crippen LogP contribution in [0.1, 0.15) is 33.1 Å². The molecule has 4 heteroatoms. The van der Waals surface area contributed by atoms with Crippen LogP contribution in [-0.4, -0.2) is 42.6 Å². The van der Waals surface area contributed by atoms with E-state index in [9.17, 15) is 0 Å². The minimum Gasteiger partial charge on any atom is -0.370 e. The van der Waals surface area contributed by atoms with Gasteiger partial charge in [0.25, 0.3) is 0 Å². The van der Waals surface area contributed by atoms with E-state index in [1.54, 1.807) is 6.08 Å². The molecule has 0 amide bonds. The summed E-state index contributed by atoms with van der Waals surface area (Å²) >= 11 is 0.